The zero-order valence-electron chi connectivity index (χ0n) is 12.6. The molecule has 0 saturated heterocycles. The number of rotatable bonds is 3. The third-order valence-electron chi connectivity index (χ3n) is 3.73. The van der Waals surface area contributed by atoms with E-state index in [0.717, 1.165) is 11.1 Å². The normalized spacial score (nSPS) is 10.7. The summed E-state index contributed by atoms with van der Waals surface area (Å²) >= 11 is 0. The van der Waals surface area contributed by atoms with Crippen LogP contribution in [0.25, 0.3) is 16.9 Å². The van der Waals surface area contributed by atoms with Crippen molar-refractivity contribution in [3.8, 4) is 16.9 Å². The number of hydrogen-bond donors (Lipinski definition) is 1. The van der Waals surface area contributed by atoms with Gasteiger partial charge in [0.1, 0.15) is 11.5 Å². The molecule has 3 rings (SSSR count). The van der Waals surface area contributed by atoms with Gasteiger partial charge in [-0.25, -0.2) is 13.9 Å². The molecule has 0 aliphatic rings. The molecule has 0 unspecified atom stereocenters. The van der Waals surface area contributed by atoms with Crippen LogP contribution in [0.1, 0.15) is 21.6 Å². The number of aromatic carboxylic acids is 1. The molecule has 0 atom stereocenters. The minimum absolute atomic E-state index is 0.171. The predicted octanol–water partition coefficient (Wildman–Crippen LogP) is 3.39. The molecule has 1 N–H and O–H groups in total. The van der Waals surface area contributed by atoms with Crippen LogP contribution in [0.15, 0.2) is 42.5 Å². The largest absolute Gasteiger partial charge is 0.476 e. The molecule has 0 saturated carbocycles. The number of benzene rings is 2. The highest BCUT2D eigenvalue weighted by Crippen LogP contribution is 2.26. The summed E-state index contributed by atoms with van der Waals surface area (Å²) in [5.74, 6) is -1.57. The SMILES string of the molecule is Cc1ccc(-n2nnc(C(=O)O)c2-c2ccc(F)cc2)cc1C. The lowest BCUT2D eigenvalue weighted by atomic mass is 10.1. The number of aromatic nitrogens is 3. The van der Waals surface area contributed by atoms with Crippen molar-refractivity contribution in [3.63, 3.8) is 0 Å². The summed E-state index contributed by atoms with van der Waals surface area (Å²) < 4.78 is 14.6. The topological polar surface area (TPSA) is 68.0 Å². The van der Waals surface area contributed by atoms with Crippen molar-refractivity contribution < 1.29 is 14.3 Å². The third kappa shape index (κ3) is 2.70. The van der Waals surface area contributed by atoms with E-state index in [0.29, 0.717) is 16.9 Å². The molecule has 0 fully saturated rings. The molecule has 6 heteroatoms. The lowest BCUT2D eigenvalue weighted by Gasteiger charge is -2.09. The number of aryl methyl sites for hydroxylation is 2. The van der Waals surface area contributed by atoms with Crippen LogP contribution in [0.5, 0.6) is 0 Å². The molecule has 0 aliphatic carbocycles. The van der Waals surface area contributed by atoms with E-state index in [1.165, 1.54) is 28.9 Å². The minimum Gasteiger partial charge on any atom is -0.476 e. The summed E-state index contributed by atoms with van der Waals surface area (Å²) in [6.45, 7) is 3.95. The fraction of sp³-hybridized carbons (Fsp3) is 0.118. The molecule has 2 aromatic carbocycles. The number of carboxylic acid groups (broad SMARTS) is 1. The smallest absolute Gasteiger partial charge is 0.358 e. The number of nitrogens with zero attached hydrogens (tertiary/aromatic N) is 3. The molecule has 23 heavy (non-hydrogen) atoms. The molecule has 1 heterocycles. The lowest BCUT2D eigenvalue weighted by Crippen LogP contribution is -2.03. The summed E-state index contributed by atoms with van der Waals surface area (Å²) in [6, 6.07) is 11.3. The minimum atomic E-state index is -1.18. The maximum absolute atomic E-state index is 13.2. The summed E-state index contributed by atoms with van der Waals surface area (Å²) in [5.41, 5.74) is 3.56. The van der Waals surface area contributed by atoms with Crippen molar-refractivity contribution in [2.75, 3.05) is 0 Å². The molecule has 0 spiro atoms. The lowest BCUT2D eigenvalue weighted by molar-refractivity contribution is 0.0691. The fourth-order valence-corrected chi connectivity index (χ4v) is 2.33. The van der Waals surface area contributed by atoms with Gasteiger partial charge >= 0.3 is 5.97 Å². The zero-order chi connectivity index (χ0) is 16.6. The van der Waals surface area contributed by atoms with Crippen LogP contribution < -0.4 is 0 Å². The number of hydrogen-bond acceptors (Lipinski definition) is 3. The van der Waals surface area contributed by atoms with E-state index < -0.39 is 11.8 Å². The highest BCUT2D eigenvalue weighted by Gasteiger charge is 2.21. The van der Waals surface area contributed by atoms with E-state index in [1.807, 2.05) is 32.0 Å². The van der Waals surface area contributed by atoms with Gasteiger partial charge in [0.15, 0.2) is 5.69 Å². The first kappa shape index (κ1) is 14.9. The van der Waals surface area contributed by atoms with Gasteiger partial charge in [0.2, 0.25) is 0 Å². The molecule has 0 aliphatic heterocycles. The Kier molecular flexibility index (Phi) is 3.65. The van der Waals surface area contributed by atoms with Crippen LogP contribution in [0.4, 0.5) is 4.39 Å². The summed E-state index contributed by atoms with van der Waals surface area (Å²) in [4.78, 5) is 11.4. The summed E-state index contributed by atoms with van der Waals surface area (Å²) in [7, 11) is 0. The van der Waals surface area contributed by atoms with Gasteiger partial charge in [-0.05, 0) is 61.4 Å². The summed E-state index contributed by atoms with van der Waals surface area (Å²) in [5, 5.41) is 17.1. The van der Waals surface area contributed by atoms with Crippen LogP contribution in [0.2, 0.25) is 0 Å². The van der Waals surface area contributed by atoms with Crippen LogP contribution in [-0.2, 0) is 0 Å². The second-order valence-electron chi connectivity index (χ2n) is 5.28. The predicted molar refractivity (Wildman–Crippen MR) is 83.2 cm³/mol. The van der Waals surface area contributed by atoms with Crippen LogP contribution in [0, 0.1) is 19.7 Å². The van der Waals surface area contributed by atoms with Crippen molar-refractivity contribution in [1.29, 1.82) is 0 Å². The van der Waals surface area contributed by atoms with Crippen molar-refractivity contribution in [2.45, 2.75) is 13.8 Å². The van der Waals surface area contributed by atoms with Crippen molar-refractivity contribution in [3.05, 3.63) is 65.1 Å². The second-order valence-corrected chi connectivity index (χ2v) is 5.28. The van der Waals surface area contributed by atoms with Gasteiger partial charge in [-0.15, -0.1) is 5.10 Å². The molecular formula is C17H14FN3O2. The van der Waals surface area contributed by atoms with Gasteiger partial charge in [0.25, 0.3) is 0 Å². The van der Waals surface area contributed by atoms with Crippen LogP contribution >= 0.6 is 0 Å². The van der Waals surface area contributed by atoms with Gasteiger partial charge in [0, 0.05) is 5.56 Å². The van der Waals surface area contributed by atoms with Gasteiger partial charge < -0.3 is 5.11 Å². The van der Waals surface area contributed by atoms with E-state index in [1.54, 1.807) is 0 Å². The molecule has 5 nitrogen and oxygen atoms in total. The maximum atomic E-state index is 13.2. The Bertz CT molecular complexity index is 885. The summed E-state index contributed by atoms with van der Waals surface area (Å²) in [6.07, 6.45) is 0. The molecule has 3 aromatic rings. The third-order valence-corrected chi connectivity index (χ3v) is 3.73. The van der Waals surface area contributed by atoms with Crippen LogP contribution in [-0.4, -0.2) is 26.1 Å². The highest BCUT2D eigenvalue weighted by molar-refractivity contribution is 5.93. The Balaban J connectivity index is 2.23. The molecule has 116 valence electrons. The van der Waals surface area contributed by atoms with Gasteiger partial charge in [-0.3, -0.25) is 0 Å². The maximum Gasteiger partial charge on any atom is 0.358 e. The Morgan fingerprint density at radius 2 is 1.78 bits per heavy atom. The second kappa shape index (κ2) is 5.64. The Hall–Kier alpha value is -3.02. The molecule has 0 bridgehead atoms. The number of carbonyl (C=O) groups is 1. The van der Waals surface area contributed by atoms with Crippen molar-refractivity contribution in [1.82, 2.24) is 15.0 Å². The Morgan fingerprint density at radius 1 is 1.09 bits per heavy atom. The van der Waals surface area contributed by atoms with E-state index in [-0.39, 0.29) is 5.69 Å². The average molecular weight is 311 g/mol. The molecule has 1 aromatic heterocycles. The van der Waals surface area contributed by atoms with E-state index in [9.17, 15) is 14.3 Å². The quantitative estimate of drug-likeness (QED) is 0.805. The number of halogens is 1. The highest BCUT2D eigenvalue weighted by atomic mass is 19.1. The van der Waals surface area contributed by atoms with Gasteiger partial charge in [-0.2, -0.15) is 0 Å². The first-order chi connectivity index (χ1) is 11.0. The van der Waals surface area contributed by atoms with Gasteiger partial charge in [0.05, 0.1) is 5.69 Å². The van der Waals surface area contributed by atoms with E-state index >= 15 is 0 Å². The molecule has 0 radical (unpaired) electrons. The molecular weight excluding hydrogens is 297 g/mol. The average Bonchev–Trinajstić information content (AvgIpc) is 2.96. The molecule has 0 amide bonds. The monoisotopic (exact) mass is 311 g/mol. The first-order valence-electron chi connectivity index (χ1n) is 7.00. The van der Waals surface area contributed by atoms with E-state index in [4.69, 9.17) is 0 Å². The Morgan fingerprint density at radius 3 is 2.39 bits per heavy atom. The Labute approximate surface area is 132 Å². The standard InChI is InChI=1S/C17H14FN3O2/c1-10-3-8-14(9-11(10)2)21-16(15(17(22)23)19-20-21)12-4-6-13(18)7-5-12/h3-9H,1-2H3,(H,22,23). The number of carboxylic acids is 1. The van der Waals surface area contributed by atoms with E-state index in [2.05, 4.69) is 10.3 Å². The van der Waals surface area contributed by atoms with Crippen molar-refractivity contribution >= 4 is 5.97 Å². The fourth-order valence-electron chi connectivity index (χ4n) is 2.33. The zero-order valence-corrected chi connectivity index (χ0v) is 12.6. The van der Waals surface area contributed by atoms with Crippen molar-refractivity contribution in [2.24, 2.45) is 0 Å². The first-order valence-corrected chi connectivity index (χ1v) is 7.00. The van der Waals surface area contributed by atoms with Gasteiger partial charge in [-0.1, -0.05) is 11.3 Å². The van der Waals surface area contributed by atoms with Crippen LogP contribution in [0.3, 0.4) is 0 Å².